The number of carbonyl (C=O) groups excluding carboxylic acids is 1. The molecule has 3 heteroatoms. The number of benzene rings is 1. The summed E-state index contributed by atoms with van der Waals surface area (Å²) in [6.07, 6.45) is 5.30. The zero-order valence-corrected chi connectivity index (χ0v) is 11.6. The van der Waals surface area contributed by atoms with Crippen molar-refractivity contribution in [1.29, 1.82) is 0 Å². The number of carbonyl (C=O) groups is 1. The van der Waals surface area contributed by atoms with Gasteiger partial charge in [-0.25, -0.2) is 0 Å². The maximum Gasteiger partial charge on any atom is 0.227 e. The van der Waals surface area contributed by atoms with E-state index in [2.05, 4.69) is 18.0 Å². The van der Waals surface area contributed by atoms with Gasteiger partial charge >= 0.3 is 0 Å². The second-order valence-electron chi connectivity index (χ2n) is 5.42. The number of amides is 1. The molecule has 0 N–H and O–H groups in total. The van der Waals surface area contributed by atoms with Gasteiger partial charge in [-0.1, -0.05) is 18.2 Å². The van der Waals surface area contributed by atoms with E-state index in [-0.39, 0.29) is 5.91 Å². The summed E-state index contributed by atoms with van der Waals surface area (Å²) in [7, 11) is 0. The number of para-hydroxylation sites is 1. The topological polar surface area (TPSA) is 33.2 Å². The van der Waals surface area contributed by atoms with Gasteiger partial charge in [-0.2, -0.15) is 0 Å². The van der Waals surface area contributed by atoms with Crippen molar-refractivity contribution in [3.8, 4) is 0 Å². The van der Waals surface area contributed by atoms with Crippen LogP contribution < -0.4 is 4.90 Å². The highest BCUT2D eigenvalue weighted by Gasteiger charge is 2.30. The highest BCUT2D eigenvalue weighted by Crippen LogP contribution is 2.27. The Morgan fingerprint density at radius 1 is 1.25 bits per heavy atom. The molecule has 0 spiro atoms. The number of pyridine rings is 1. The van der Waals surface area contributed by atoms with Crippen molar-refractivity contribution in [3.05, 3.63) is 59.9 Å². The lowest BCUT2D eigenvalue weighted by atomic mass is 9.97. The predicted octanol–water partition coefficient (Wildman–Crippen LogP) is 2.99. The number of aromatic nitrogens is 1. The van der Waals surface area contributed by atoms with E-state index in [4.69, 9.17) is 0 Å². The maximum atomic E-state index is 12.2. The van der Waals surface area contributed by atoms with E-state index in [9.17, 15) is 4.79 Å². The maximum absolute atomic E-state index is 12.2. The Labute approximate surface area is 119 Å². The van der Waals surface area contributed by atoms with Gasteiger partial charge in [0, 0.05) is 31.0 Å². The fourth-order valence-corrected chi connectivity index (χ4v) is 2.82. The first-order chi connectivity index (χ1) is 9.74. The molecule has 0 saturated carbocycles. The summed E-state index contributed by atoms with van der Waals surface area (Å²) < 4.78 is 0. The molecular formula is C17H18N2O. The molecule has 3 nitrogen and oxygen atoms in total. The molecule has 0 unspecified atom stereocenters. The predicted molar refractivity (Wildman–Crippen MR) is 79.6 cm³/mol. The van der Waals surface area contributed by atoms with Gasteiger partial charge in [0.15, 0.2) is 0 Å². The van der Waals surface area contributed by atoms with Crippen LogP contribution in [0.3, 0.4) is 0 Å². The summed E-state index contributed by atoms with van der Waals surface area (Å²) >= 11 is 0. The van der Waals surface area contributed by atoms with Crippen LogP contribution in [0.25, 0.3) is 0 Å². The third-order valence-electron chi connectivity index (χ3n) is 3.92. The monoisotopic (exact) mass is 266 g/mol. The van der Waals surface area contributed by atoms with Crippen LogP contribution >= 0.6 is 0 Å². The average molecular weight is 266 g/mol. The smallest absolute Gasteiger partial charge is 0.227 e. The van der Waals surface area contributed by atoms with Crippen LogP contribution in [-0.4, -0.2) is 17.4 Å². The van der Waals surface area contributed by atoms with Crippen LogP contribution in [0, 0.1) is 12.8 Å². The average Bonchev–Trinajstić information content (AvgIpc) is 2.83. The standard InChI is InChI=1S/C17H18N2O/c1-13-11-18-8-7-15(13)9-14-10-17(20)19(12-14)16-5-3-2-4-6-16/h2-8,11,14H,9-10,12H2,1H3/t14-/m1/s1. The first-order valence-electron chi connectivity index (χ1n) is 6.99. The van der Waals surface area contributed by atoms with E-state index in [1.165, 1.54) is 11.1 Å². The molecule has 1 atom stereocenters. The number of anilines is 1. The van der Waals surface area contributed by atoms with Crippen molar-refractivity contribution in [2.45, 2.75) is 19.8 Å². The van der Waals surface area contributed by atoms with Crippen molar-refractivity contribution in [1.82, 2.24) is 4.98 Å². The van der Waals surface area contributed by atoms with E-state index in [1.54, 1.807) is 0 Å². The zero-order chi connectivity index (χ0) is 13.9. The Kier molecular flexibility index (Phi) is 3.50. The van der Waals surface area contributed by atoms with Gasteiger partial charge in [-0.3, -0.25) is 9.78 Å². The Morgan fingerprint density at radius 2 is 2.05 bits per heavy atom. The molecule has 2 aromatic rings. The lowest BCUT2D eigenvalue weighted by Gasteiger charge is -2.17. The highest BCUT2D eigenvalue weighted by molar-refractivity contribution is 5.95. The number of aryl methyl sites for hydroxylation is 1. The second kappa shape index (κ2) is 5.45. The minimum Gasteiger partial charge on any atom is -0.312 e. The zero-order valence-electron chi connectivity index (χ0n) is 11.6. The summed E-state index contributed by atoms with van der Waals surface area (Å²) in [4.78, 5) is 18.2. The molecular weight excluding hydrogens is 248 g/mol. The molecule has 1 fully saturated rings. The van der Waals surface area contributed by atoms with Gasteiger partial charge in [0.05, 0.1) is 0 Å². The summed E-state index contributed by atoms with van der Waals surface area (Å²) in [5, 5.41) is 0. The fraction of sp³-hybridized carbons (Fsp3) is 0.294. The van der Waals surface area contributed by atoms with Crippen molar-refractivity contribution in [3.63, 3.8) is 0 Å². The largest absolute Gasteiger partial charge is 0.312 e. The molecule has 0 radical (unpaired) electrons. The number of nitrogens with zero attached hydrogens (tertiary/aromatic N) is 2. The van der Waals surface area contributed by atoms with Gasteiger partial charge in [0.1, 0.15) is 0 Å². The van der Waals surface area contributed by atoms with Crippen molar-refractivity contribution >= 4 is 11.6 Å². The van der Waals surface area contributed by atoms with Crippen LogP contribution in [-0.2, 0) is 11.2 Å². The summed E-state index contributed by atoms with van der Waals surface area (Å²) in [5.74, 6) is 0.622. The molecule has 1 saturated heterocycles. The van der Waals surface area contributed by atoms with Crippen LogP contribution in [0.15, 0.2) is 48.8 Å². The summed E-state index contributed by atoms with van der Waals surface area (Å²) in [5.41, 5.74) is 3.51. The van der Waals surface area contributed by atoms with E-state index < -0.39 is 0 Å². The lowest BCUT2D eigenvalue weighted by Crippen LogP contribution is -2.24. The minimum absolute atomic E-state index is 0.230. The Hall–Kier alpha value is -2.16. The molecule has 0 aliphatic carbocycles. The molecule has 1 aromatic carbocycles. The Bertz CT molecular complexity index is 609. The second-order valence-corrected chi connectivity index (χ2v) is 5.42. The SMILES string of the molecule is Cc1cnccc1C[C@@H]1CC(=O)N(c2ccccc2)C1. The van der Waals surface area contributed by atoms with E-state index in [0.717, 1.165) is 18.7 Å². The number of rotatable bonds is 3. The quantitative estimate of drug-likeness (QED) is 0.855. The Balaban J connectivity index is 1.73. The van der Waals surface area contributed by atoms with Gasteiger partial charge in [0.2, 0.25) is 5.91 Å². The molecule has 1 amide bonds. The van der Waals surface area contributed by atoms with Crippen LogP contribution in [0.2, 0.25) is 0 Å². The molecule has 0 bridgehead atoms. The molecule has 1 aliphatic heterocycles. The van der Waals surface area contributed by atoms with E-state index in [0.29, 0.717) is 12.3 Å². The molecule has 3 rings (SSSR count). The third kappa shape index (κ3) is 2.57. The Morgan fingerprint density at radius 3 is 2.80 bits per heavy atom. The summed E-state index contributed by atoms with van der Waals surface area (Å²) in [6, 6.07) is 12.0. The normalized spacial score (nSPS) is 18.6. The number of hydrogen-bond donors (Lipinski definition) is 0. The van der Waals surface area contributed by atoms with E-state index >= 15 is 0 Å². The van der Waals surface area contributed by atoms with Crippen molar-refractivity contribution < 1.29 is 4.79 Å². The molecule has 2 heterocycles. The lowest BCUT2D eigenvalue weighted by molar-refractivity contribution is -0.117. The number of hydrogen-bond acceptors (Lipinski definition) is 2. The first kappa shape index (κ1) is 12.9. The molecule has 20 heavy (non-hydrogen) atoms. The van der Waals surface area contributed by atoms with Crippen LogP contribution in [0.4, 0.5) is 5.69 Å². The van der Waals surface area contributed by atoms with Crippen molar-refractivity contribution in [2.75, 3.05) is 11.4 Å². The summed E-state index contributed by atoms with van der Waals surface area (Å²) in [6.45, 7) is 2.89. The fourth-order valence-electron chi connectivity index (χ4n) is 2.82. The molecule has 102 valence electrons. The minimum atomic E-state index is 0.230. The first-order valence-corrected chi connectivity index (χ1v) is 6.99. The van der Waals surface area contributed by atoms with Gasteiger partial charge in [0.25, 0.3) is 0 Å². The van der Waals surface area contributed by atoms with Crippen LogP contribution in [0.1, 0.15) is 17.5 Å². The van der Waals surface area contributed by atoms with Gasteiger partial charge in [-0.05, 0) is 48.6 Å². The highest BCUT2D eigenvalue weighted by atomic mass is 16.2. The van der Waals surface area contributed by atoms with Gasteiger partial charge < -0.3 is 4.90 Å². The van der Waals surface area contributed by atoms with E-state index in [1.807, 2.05) is 47.6 Å². The third-order valence-corrected chi connectivity index (χ3v) is 3.92. The van der Waals surface area contributed by atoms with Gasteiger partial charge in [-0.15, -0.1) is 0 Å². The van der Waals surface area contributed by atoms with Crippen molar-refractivity contribution in [2.24, 2.45) is 5.92 Å². The molecule has 1 aliphatic rings. The van der Waals surface area contributed by atoms with Crippen LogP contribution in [0.5, 0.6) is 0 Å². The molecule has 1 aromatic heterocycles.